The monoisotopic (exact) mass is 444 g/mol. The predicted molar refractivity (Wildman–Crippen MR) is 98.5 cm³/mol. The number of anilines is 1. The van der Waals surface area contributed by atoms with Crippen molar-refractivity contribution in [1.82, 2.24) is 4.98 Å². The number of aromatic nitrogens is 1. The maximum atomic E-state index is 12.1. The number of rotatable bonds is 6. The first kappa shape index (κ1) is 18.0. The number of nitrogens with one attached hydrogen (secondary N) is 1. The molecule has 2 aromatic heterocycles. The molecule has 0 saturated heterocycles. The molecule has 0 aliphatic carbocycles. The van der Waals surface area contributed by atoms with Crippen LogP contribution < -0.4 is 10.1 Å². The molecule has 9 heteroatoms. The topological polar surface area (TPSA) is 51.2 Å². The Kier molecular flexibility index (Phi) is 5.77. The van der Waals surface area contributed by atoms with Gasteiger partial charge in [0, 0.05) is 20.9 Å². The van der Waals surface area contributed by atoms with Crippen molar-refractivity contribution >= 4 is 50.2 Å². The second-order valence-electron chi connectivity index (χ2n) is 4.90. The van der Waals surface area contributed by atoms with E-state index >= 15 is 0 Å². The van der Waals surface area contributed by atoms with E-state index in [-0.39, 0.29) is 18.1 Å². The molecule has 25 heavy (non-hydrogen) atoms. The van der Waals surface area contributed by atoms with Crippen molar-refractivity contribution in [1.29, 1.82) is 0 Å². The molecule has 1 N–H and O–H groups in total. The van der Waals surface area contributed by atoms with Crippen LogP contribution in [0.2, 0.25) is 0 Å². The molecule has 0 saturated carbocycles. The fourth-order valence-corrected chi connectivity index (χ4v) is 4.34. The number of thiophene rings is 1. The van der Waals surface area contributed by atoms with Crippen molar-refractivity contribution in [3.63, 3.8) is 0 Å². The average molecular weight is 445 g/mol. The number of amides is 1. The molecule has 0 radical (unpaired) electrons. The molecule has 3 rings (SSSR count). The molecule has 2 heterocycles. The largest absolute Gasteiger partial charge is 0.435 e. The zero-order chi connectivity index (χ0) is 17.8. The molecule has 3 aromatic rings. The molecule has 1 amide bonds. The van der Waals surface area contributed by atoms with E-state index in [1.54, 1.807) is 11.3 Å². The second kappa shape index (κ2) is 8.03. The quantitative estimate of drug-likeness (QED) is 0.552. The molecular formula is C16H11BrF2N2O2S2. The zero-order valence-electron chi connectivity index (χ0n) is 12.5. The Bertz CT molecular complexity index is 865. The number of carbonyl (C=O) groups excluding carboxylic acids is 1. The Hall–Kier alpha value is -1.84. The van der Waals surface area contributed by atoms with Crippen LogP contribution in [0.3, 0.4) is 0 Å². The molecule has 0 aliphatic rings. The molecule has 0 fully saturated rings. The summed E-state index contributed by atoms with van der Waals surface area (Å²) in [7, 11) is 0. The molecule has 130 valence electrons. The Morgan fingerprint density at radius 2 is 2.00 bits per heavy atom. The SMILES string of the molecule is O=C(Cc1csc(-c2cc(Br)cs2)n1)Nc1ccc(OC(F)F)cc1. The molecule has 0 spiro atoms. The minimum atomic E-state index is -2.87. The first-order valence-electron chi connectivity index (χ1n) is 7.03. The van der Waals surface area contributed by atoms with Crippen LogP contribution in [0.5, 0.6) is 5.75 Å². The van der Waals surface area contributed by atoms with Crippen LogP contribution in [0.15, 0.2) is 45.6 Å². The Morgan fingerprint density at radius 1 is 1.24 bits per heavy atom. The van der Waals surface area contributed by atoms with Gasteiger partial charge in [0.2, 0.25) is 5.91 Å². The minimum Gasteiger partial charge on any atom is -0.435 e. The van der Waals surface area contributed by atoms with E-state index in [4.69, 9.17) is 0 Å². The maximum Gasteiger partial charge on any atom is 0.387 e. The van der Waals surface area contributed by atoms with Crippen molar-refractivity contribution in [2.45, 2.75) is 13.0 Å². The lowest BCUT2D eigenvalue weighted by atomic mass is 10.2. The van der Waals surface area contributed by atoms with Crippen LogP contribution in [0.4, 0.5) is 14.5 Å². The number of ether oxygens (including phenoxy) is 1. The standard InChI is InChI=1S/C16H11BrF2N2O2S2/c17-9-5-13(24-7-9)15-21-11(8-25-15)6-14(22)20-10-1-3-12(4-2-10)23-16(18)19/h1-5,7-8,16H,6H2,(H,20,22). The Morgan fingerprint density at radius 3 is 2.64 bits per heavy atom. The highest BCUT2D eigenvalue weighted by atomic mass is 79.9. The second-order valence-corrected chi connectivity index (χ2v) is 7.59. The van der Waals surface area contributed by atoms with Crippen LogP contribution in [-0.2, 0) is 11.2 Å². The summed E-state index contributed by atoms with van der Waals surface area (Å²) in [6.07, 6.45) is 0.137. The number of hydrogen-bond acceptors (Lipinski definition) is 5. The van der Waals surface area contributed by atoms with Crippen molar-refractivity contribution < 1.29 is 18.3 Å². The lowest BCUT2D eigenvalue weighted by molar-refractivity contribution is -0.115. The number of carbonyl (C=O) groups is 1. The van der Waals surface area contributed by atoms with Gasteiger partial charge < -0.3 is 10.1 Å². The number of thiazole rings is 1. The van der Waals surface area contributed by atoms with Gasteiger partial charge in [-0.3, -0.25) is 4.79 Å². The summed E-state index contributed by atoms with van der Waals surface area (Å²) in [5.74, 6) is -0.189. The summed E-state index contributed by atoms with van der Waals surface area (Å²) in [5.41, 5.74) is 1.18. The average Bonchev–Trinajstić information content (AvgIpc) is 3.17. The van der Waals surface area contributed by atoms with Gasteiger partial charge in [-0.15, -0.1) is 22.7 Å². The van der Waals surface area contributed by atoms with Crippen molar-refractivity contribution in [3.05, 3.63) is 51.3 Å². The summed E-state index contributed by atoms with van der Waals surface area (Å²) >= 11 is 6.47. The van der Waals surface area contributed by atoms with Crippen molar-refractivity contribution in [2.24, 2.45) is 0 Å². The molecular weight excluding hydrogens is 434 g/mol. The van der Waals surface area contributed by atoms with E-state index in [9.17, 15) is 13.6 Å². The third-order valence-corrected chi connectivity index (χ3v) is 5.79. The predicted octanol–water partition coefficient (Wildman–Crippen LogP) is 5.42. The maximum absolute atomic E-state index is 12.1. The lowest BCUT2D eigenvalue weighted by Gasteiger charge is -2.07. The van der Waals surface area contributed by atoms with Crippen LogP contribution in [-0.4, -0.2) is 17.5 Å². The van der Waals surface area contributed by atoms with E-state index in [1.165, 1.54) is 35.6 Å². The minimum absolute atomic E-state index is 0.0410. The van der Waals surface area contributed by atoms with Gasteiger partial charge in [-0.05, 0) is 46.3 Å². The van der Waals surface area contributed by atoms with E-state index in [1.807, 2.05) is 16.8 Å². The smallest absolute Gasteiger partial charge is 0.387 e. The van der Waals surface area contributed by atoms with Gasteiger partial charge in [0.15, 0.2) is 0 Å². The lowest BCUT2D eigenvalue weighted by Crippen LogP contribution is -2.14. The van der Waals surface area contributed by atoms with Crippen LogP contribution >= 0.6 is 38.6 Å². The van der Waals surface area contributed by atoms with Gasteiger partial charge in [-0.2, -0.15) is 8.78 Å². The molecule has 0 bridgehead atoms. The third-order valence-electron chi connectivity index (χ3n) is 3.03. The number of halogens is 3. The summed E-state index contributed by atoms with van der Waals surface area (Å²) in [6.45, 7) is -2.87. The normalized spacial score (nSPS) is 10.9. The number of hydrogen-bond donors (Lipinski definition) is 1. The highest BCUT2D eigenvalue weighted by molar-refractivity contribution is 9.10. The highest BCUT2D eigenvalue weighted by Gasteiger charge is 2.11. The zero-order valence-corrected chi connectivity index (χ0v) is 15.8. The van der Waals surface area contributed by atoms with Gasteiger partial charge in [-0.25, -0.2) is 4.98 Å². The van der Waals surface area contributed by atoms with Crippen LogP contribution in [0.25, 0.3) is 9.88 Å². The summed E-state index contributed by atoms with van der Waals surface area (Å²) in [5, 5.41) is 7.40. The van der Waals surface area contributed by atoms with E-state index in [0.717, 1.165) is 14.4 Å². The van der Waals surface area contributed by atoms with E-state index < -0.39 is 6.61 Å². The molecule has 0 atom stereocenters. The van der Waals surface area contributed by atoms with E-state index in [0.29, 0.717) is 11.4 Å². The van der Waals surface area contributed by atoms with Crippen molar-refractivity contribution in [2.75, 3.05) is 5.32 Å². The fraction of sp³-hybridized carbons (Fsp3) is 0.125. The van der Waals surface area contributed by atoms with Crippen LogP contribution in [0.1, 0.15) is 5.69 Å². The van der Waals surface area contributed by atoms with E-state index in [2.05, 4.69) is 31.0 Å². The summed E-state index contributed by atoms with van der Waals surface area (Å²) in [4.78, 5) is 17.6. The third kappa shape index (κ3) is 5.07. The van der Waals surface area contributed by atoms with Gasteiger partial charge in [-0.1, -0.05) is 0 Å². The first-order valence-corrected chi connectivity index (χ1v) is 9.58. The molecule has 0 aliphatic heterocycles. The molecule has 1 aromatic carbocycles. The van der Waals surface area contributed by atoms with Gasteiger partial charge in [0.25, 0.3) is 0 Å². The van der Waals surface area contributed by atoms with Crippen molar-refractivity contribution in [3.8, 4) is 15.6 Å². The first-order chi connectivity index (χ1) is 12.0. The Balaban J connectivity index is 1.58. The fourth-order valence-electron chi connectivity index (χ4n) is 2.02. The molecule has 0 unspecified atom stereocenters. The van der Waals surface area contributed by atoms with Crippen LogP contribution in [0, 0.1) is 0 Å². The highest BCUT2D eigenvalue weighted by Crippen LogP contribution is 2.32. The summed E-state index contributed by atoms with van der Waals surface area (Å²) in [6, 6.07) is 7.74. The Labute approximate surface area is 158 Å². The summed E-state index contributed by atoms with van der Waals surface area (Å²) < 4.78 is 29.5. The van der Waals surface area contributed by atoms with Gasteiger partial charge in [0.1, 0.15) is 10.8 Å². The number of nitrogens with zero attached hydrogens (tertiary/aromatic N) is 1. The van der Waals surface area contributed by atoms with Gasteiger partial charge >= 0.3 is 6.61 Å². The number of alkyl halides is 2. The number of benzene rings is 1. The van der Waals surface area contributed by atoms with Gasteiger partial charge in [0.05, 0.1) is 17.0 Å². The molecule has 4 nitrogen and oxygen atoms in total.